The molecule has 2 atom stereocenters. The maximum absolute atomic E-state index is 12.6. The summed E-state index contributed by atoms with van der Waals surface area (Å²) >= 11 is 0. The van der Waals surface area contributed by atoms with E-state index in [0.717, 1.165) is 16.7 Å². The second kappa shape index (κ2) is 7.97. The van der Waals surface area contributed by atoms with Crippen molar-refractivity contribution in [3.05, 3.63) is 48.6 Å². The predicted octanol–water partition coefficient (Wildman–Crippen LogP) is 3.15. The molecule has 4 rings (SSSR count). The Balaban J connectivity index is 1.50. The summed E-state index contributed by atoms with van der Waals surface area (Å²) in [5.74, 6) is 1.23. The number of carbonyl (C=O) groups excluding carboxylic acids is 1. The minimum absolute atomic E-state index is 0.216. The van der Waals surface area contributed by atoms with E-state index < -0.39 is 30.5 Å². The van der Waals surface area contributed by atoms with E-state index >= 15 is 0 Å². The van der Waals surface area contributed by atoms with Crippen LogP contribution in [0.4, 0.5) is 4.79 Å². The number of imidazole rings is 1. The van der Waals surface area contributed by atoms with Crippen molar-refractivity contribution < 1.29 is 23.9 Å². The molecule has 0 aliphatic carbocycles. The van der Waals surface area contributed by atoms with Gasteiger partial charge in [-0.1, -0.05) is 30.8 Å². The van der Waals surface area contributed by atoms with E-state index in [1.54, 1.807) is 6.20 Å². The van der Waals surface area contributed by atoms with Crippen LogP contribution in [0.15, 0.2) is 42.8 Å². The van der Waals surface area contributed by atoms with Gasteiger partial charge in [0, 0.05) is 6.42 Å². The second-order valence-corrected chi connectivity index (χ2v) is 9.84. The third-order valence-electron chi connectivity index (χ3n) is 5.63. The Kier molecular flexibility index (Phi) is 5.59. The lowest BCUT2D eigenvalue weighted by Crippen LogP contribution is -2.37. The third-order valence-corrected chi connectivity index (χ3v) is 5.63. The predicted molar refractivity (Wildman–Crippen MR) is 121 cm³/mol. The fourth-order valence-corrected chi connectivity index (χ4v) is 3.83. The smallest absolute Gasteiger partial charge is 0.534 e. The number of rotatable bonds is 3. The van der Waals surface area contributed by atoms with E-state index in [4.69, 9.17) is 14.0 Å². The van der Waals surface area contributed by atoms with Crippen LogP contribution in [0, 0.1) is 0 Å². The largest absolute Gasteiger partial charge is 0.563 e. The minimum atomic E-state index is -0.620. The number of aliphatic hydroxyl groups excluding tert-OH is 1. The van der Waals surface area contributed by atoms with Gasteiger partial charge in [0.25, 0.3) is 0 Å². The van der Waals surface area contributed by atoms with E-state index in [1.165, 1.54) is 4.90 Å². The maximum atomic E-state index is 12.6. The van der Waals surface area contributed by atoms with Gasteiger partial charge in [-0.2, -0.15) is 0 Å². The van der Waals surface area contributed by atoms with Crippen molar-refractivity contribution >= 4 is 18.7 Å². The highest BCUT2D eigenvalue weighted by Gasteiger charge is 2.43. The van der Waals surface area contributed by atoms with Crippen molar-refractivity contribution in [2.45, 2.75) is 64.4 Å². The van der Waals surface area contributed by atoms with Gasteiger partial charge in [0.1, 0.15) is 17.0 Å². The molecule has 1 aromatic carbocycles. The van der Waals surface area contributed by atoms with Gasteiger partial charge in [-0.3, -0.25) is 4.90 Å². The molecule has 2 aliphatic rings. The van der Waals surface area contributed by atoms with Gasteiger partial charge in [-0.05, 0) is 45.6 Å². The van der Waals surface area contributed by atoms with Crippen molar-refractivity contribution in [2.75, 3.05) is 6.54 Å². The molecule has 32 heavy (non-hydrogen) atoms. The molecule has 8 nitrogen and oxygen atoms in total. The Bertz CT molecular complexity index is 1010. The van der Waals surface area contributed by atoms with Gasteiger partial charge in [-0.15, -0.1) is 0 Å². The minimum Gasteiger partial charge on any atom is -0.534 e. The molecule has 0 radical (unpaired) electrons. The zero-order valence-electron chi connectivity index (χ0n) is 19.2. The molecule has 170 valence electrons. The lowest BCUT2D eigenvalue weighted by molar-refractivity contribution is 0.0201. The van der Waals surface area contributed by atoms with Gasteiger partial charge in [0.05, 0.1) is 36.3 Å². The SMILES string of the molecule is C=C1OB(c2ccc(-c3cnc([C@@H]4C[C@@H](O)CN4C(=O)OC(C)(C)C)[nH]3)cc2)OC1(C)C. The van der Waals surface area contributed by atoms with Gasteiger partial charge < -0.3 is 24.1 Å². The van der Waals surface area contributed by atoms with Crippen LogP contribution in [0.1, 0.15) is 52.9 Å². The standard InChI is InChI=1S/C23H30BN3O5/c1-14-23(5,6)32-24(31-14)16-9-7-15(8-10-16)18-12-25-20(26-18)19-11-17(28)13-27(19)21(29)30-22(2,3)4/h7-10,12,17,19,28H,1,11,13H2,2-6H3,(H,25,26)/t17-,19+/m1/s1. The number of aromatic nitrogens is 2. The lowest BCUT2D eigenvalue weighted by atomic mass is 9.79. The average Bonchev–Trinajstić information content (AvgIpc) is 3.38. The van der Waals surface area contributed by atoms with Gasteiger partial charge in [-0.25, -0.2) is 9.78 Å². The zero-order valence-corrected chi connectivity index (χ0v) is 19.2. The first-order chi connectivity index (χ1) is 14.9. The number of β-amino-alcohol motifs (C(OH)–C–C–N with tert-alkyl or cyclic N) is 1. The quantitative estimate of drug-likeness (QED) is 0.714. The summed E-state index contributed by atoms with van der Waals surface area (Å²) in [5.41, 5.74) is 1.52. The van der Waals surface area contributed by atoms with E-state index in [1.807, 2.05) is 58.9 Å². The number of ether oxygens (including phenoxy) is 1. The molecule has 0 spiro atoms. The molecule has 2 aliphatic heterocycles. The molecule has 2 fully saturated rings. The molecular formula is C23H30BN3O5. The number of amides is 1. The second-order valence-electron chi connectivity index (χ2n) is 9.84. The maximum Gasteiger partial charge on any atom is 0.563 e. The highest BCUT2D eigenvalue weighted by molar-refractivity contribution is 6.62. The highest BCUT2D eigenvalue weighted by Crippen LogP contribution is 2.33. The Morgan fingerprint density at radius 3 is 2.62 bits per heavy atom. The Labute approximate surface area is 188 Å². The molecule has 9 heteroatoms. The molecule has 0 saturated carbocycles. The van der Waals surface area contributed by atoms with Crippen molar-refractivity contribution in [3.63, 3.8) is 0 Å². The molecule has 2 N–H and O–H groups in total. The highest BCUT2D eigenvalue weighted by atomic mass is 16.7. The van der Waals surface area contributed by atoms with Crippen LogP contribution < -0.4 is 5.46 Å². The first kappa shape index (κ1) is 22.4. The number of hydrogen-bond acceptors (Lipinski definition) is 6. The van der Waals surface area contributed by atoms with Crippen molar-refractivity contribution in [3.8, 4) is 11.3 Å². The number of benzene rings is 1. The van der Waals surface area contributed by atoms with Crippen LogP contribution in [0.2, 0.25) is 0 Å². The fourth-order valence-electron chi connectivity index (χ4n) is 3.83. The van der Waals surface area contributed by atoms with E-state index in [9.17, 15) is 9.90 Å². The van der Waals surface area contributed by atoms with Crippen molar-refractivity contribution in [2.24, 2.45) is 0 Å². The summed E-state index contributed by atoms with van der Waals surface area (Å²) in [7, 11) is -0.480. The van der Waals surface area contributed by atoms with Gasteiger partial charge >= 0.3 is 13.2 Å². The monoisotopic (exact) mass is 439 g/mol. The molecule has 0 unspecified atom stereocenters. The van der Waals surface area contributed by atoms with E-state index in [-0.39, 0.29) is 12.6 Å². The number of H-pyrrole nitrogens is 1. The summed E-state index contributed by atoms with van der Waals surface area (Å²) in [5, 5.41) is 10.2. The average molecular weight is 439 g/mol. The Morgan fingerprint density at radius 2 is 2.03 bits per heavy atom. The number of aromatic amines is 1. The van der Waals surface area contributed by atoms with Crippen LogP contribution in [-0.2, 0) is 14.0 Å². The number of likely N-dealkylation sites (tertiary alicyclic amines) is 1. The summed E-state index contributed by atoms with van der Waals surface area (Å²) in [6, 6.07) is 7.44. The van der Waals surface area contributed by atoms with Crippen LogP contribution in [-0.4, -0.2) is 57.0 Å². The Morgan fingerprint density at radius 1 is 1.34 bits per heavy atom. The first-order valence-electron chi connectivity index (χ1n) is 10.8. The summed E-state index contributed by atoms with van der Waals surface area (Å²) in [6.07, 6.45) is 1.06. The van der Waals surface area contributed by atoms with Crippen LogP contribution in [0.5, 0.6) is 0 Å². The number of hydrogen-bond donors (Lipinski definition) is 2. The molecule has 1 aromatic heterocycles. The summed E-state index contributed by atoms with van der Waals surface area (Å²) in [6.45, 7) is 13.4. The third kappa shape index (κ3) is 4.54. The van der Waals surface area contributed by atoms with Crippen molar-refractivity contribution in [1.29, 1.82) is 0 Å². The summed E-state index contributed by atoms with van der Waals surface area (Å²) < 4.78 is 17.2. The van der Waals surface area contributed by atoms with E-state index in [0.29, 0.717) is 18.0 Å². The van der Waals surface area contributed by atoms with Crippen LogP contribution in [0.25, 0.3) is 11.3 Å². The number of nitrogens with zero attached hydrogens (tertiary/aromatic N) is 2. The van der Waals surface area contributed by atoms with Gasteiger partial charge in [0.2, 0.25) is 0 Å². The van der Waals surface area contributed by atoms with E-state index in [2.05, 4.69) is 16.5 Å². The zero-order chi connectivity index (χ0) is 23.3. The topological polar surface area (TPSA) is 96.9 Å². The molecule has 1 amide bonds. The molecule has 2 saturated heterocycles. The van der Waals surface area contributed by atoms with Gasteiger partial charge in [0.15, 0.2) is 0 Å². The van der Waals surface area contributed by atoms with Crippen LogP contribution >= 0.6 is 0 Å². The molecule has 3 heterocycles. The molecule has 2 aromatic rings. The molecule has 0 bridgehead atoms. The summed E-state index contributed by atoms with van der Waals surface area (Å²) in [4.78, 5) is 21.9. The number of carbonyl (C=O) groups is 1. The first-order valence-corrected chi connectivity index (χ1v) is 10.8. The van der Waals surface area contributed by atoms with Crippen molar-refractivity contribution in [1.82, 2.24) is 14.9 Å². The lowest BCUT2D eigenvalue weighted by Gasteiger charge is -2.27. The number of aliphatic hydroxyl groups is 1. The molecular weight excluding hydrogens is 409 g/mol. The Hall–Kier alpha value is -2.78. The number of nitrogens with one attached hydrogen (secondary N) is 1. The van der Waals surface area contributed by atoms with Crippen LogP contribution in [0.3, 0.4) is 0 Å². The normalized spacial score (nSPS) is 22.9. The fraction of sp³-hybridized carbons (Fsp3) is 0.478.